The number of para-hydroxylation sites is 4. The summed E-state index contributed by atoms with van der Waals surface area (Å²) in [6, 6.07) is 58.4. The smallest absolute Gasteiger partial charge is 0.160 e. The zero-order valence-electron chi connectivity index (χ0n) is 26.9. The first-order valence-corrected chi connectivity index (χ1v) is 16.7. The third-order valence-corrected chi connectivity index (χ3v) is 9.49. The van der Waals surface area contributed by atoms with Crippen LogP contribution in [0.3, 0.4) is 0 Å². The zero-order valence-corrected chi connectivity index (χ0v) is 26.9. The molecule has 0 saturated carbocycles. The standard InChI is InChI=1S/C46H28N2O2/c1-3-13-29(14-4-1)40-28-41(48-46(47-40)30-15-5-2-6-16-30)33-26-31(34-19-11-21-38-36-17-7-9-23-42(36)49-44(34)38)25-32(27-33)35-20-12-22-39-37-18-8-10-24-43(37)50-45(35)39/h1-28H. The van der Waals surface area contributed by atoms with E-state index in [1.54, 1.807) is 0 Å². The van der Waals surface area contributed by atoms with E-state index < -0.39 is 0 Å². The summed E-state index contributed by atoms with van der Waals surface area (Å²) >= 11 is 0. The van der Waals surface area contributed by atoms with Gasteiger partial charge in [0.2, 0.25) is 0 Å². The molecule has 4 heteroatoms. The van der Waals surface area contributed by atoms with Crippen LogP contribution in [0.4, 0.5) is 0 Å². The van der Waals surface area contributed by atoms with Crippen LogP contribution >= 0.6 is 0 Å². The lowest BCUT2D eigenvalue weighted by atomic mass is 9.93. The summed E-state index contributed by atoms with van der Waals surface area (Å²) in [4.78, 5) is 10.3. The largest absolute Gasteiger partial charge is 0.455 e. The zero-order chi connectivity index (χ0) is 33.0. The fourth-order valence-corrected chi connectivity index (χ4v) is 7.10. The molecule has 0 atom stereocenters. The van der Waals surface area contributed by atoms with Crippen molar-refractivity contribution < 1.29 is 8.83 Å². The molecule has 0 saturated heterocycles. The molecule has 10 rings (SSSR count). The second kappa shape index (κ2) is 11.4. The fourth-order valence-electron chi connectivity index (χ4n) is 7.10. The topological polar surface area (TPSA) is 52.1 Å². The number of aromatic nitrogens is 2. The Morgan fingerprint density at radius 2 is 0.760 bits per heavy atom. The van der Waals surface area contributed by atoms with Gasteiger partial charge in [-0.3, -0.25) is 0 Å². The molecule has 3 aromatic heterocycles. The van der Waals surface area contributed by atoms with Crippen molar-refractivity contribution in [3.05, 3.63) is 170 Å². The molecule has 50 heavy (non-hydrogen) atoms. The Hall–Kier alpha value is -6.78. The van der Waals surface area contributed by atoms with Crippen molar-refractivity contribution in [2.75, 3.05) is 0 Å². The average molecular weight is 641 g/mol. The molecule has 7 aromatic carbocycles. The maximum Gasteiger partial charge on any atom is 0.160 e. The molecule has 0 radical (unpaired) electrons. The summed E-state index contributed by atoms with van der Waals surface area (Å²) in [6.45, 7) is 0. The first kappa shape index (κ1) is 28.3. The van der Waals surface area contributed by atoms with Gasteiger partial charge >= 0.3 is 0 Å². The minimum atomic E-state index is 0.674. The summed E-state index contributed by atoms with van der Waals surface area (Å²) in [6.07, 6.45) is 0. The van der Waals surface area contributed by atoms with E-state index in [9.17, 15) is 0 Å². The van der Waals surface area contributed by atoms with E-state index in [2.05, 4.69) is 109 Å². The first-order valence-electron chi connectivity index (χ1n) is 16.7. The van der Waals surface area contributed by atoms with Crippen LogP contribution in [-0.4, -0.2) is 9.97 Å². The van der Waals surface area contributed by atoms with Crippen LogP contribution in [-0.2, 0) is 0 Å². The van der Waals surface area contributed by atoms with Gasteiger partial charge in [0.25, 0.3) is 0 Å². The maximum absolute atomic E-state index is 6.55. The number of fused-ring (bicyclic) bond motifs is 6. The third kappa shape index (κ3) is 4.69. The Labute approximate surface area is 287 Å². The molecule has 10 aromatic rings. The predicted octanol–water partition coefficient (Wildman–Crippen LogP) is 12.6. The van der Waals surface area contributed by atoms with Gasteiger partial charge in [-0.05, 0) is 47.5 Å². The highest BCUT2D eigenvalue weighted by molar-refractivity contribution is 6.11. The van der Waals surface area contributed by atoms with E-state index >= 15 is 0 Å². The Morgan fingerprint density at radius 1 is 0.320 bits per heavy atom. The van der Waals surface area contributed by atoms with E-state index in [-0.39, 0.29) is 0 Å². The van der Waals surface area contributed by atoms with Crippen LogP contribution in [0.5, 0.6) is 0 Å². The van der Waals surface area contributed by atoms with Gasteiger partial charge < -0.3 is 8.83 Å². The summed E-state index contributed by atoms with van der Waals surface area (Å²) in [7, 11) is 0. The van der Waals surface area contributed by atoms with Crippen LogP contribution in [0.2, 0.25) is 0 Å². The van der Waals surface area contributed by atoms with Gasteiger partial charge in [0, 0.05) is 49.4 Å². The highest BCUT2D eigenvalue weighted by Gasteiger charge is 2.19. The van der Waals surface area contributed by atoms with Crippen molar-refractivity contribution in [3.8, 4) is 56.2 Å². The summed E-state index contributed by atoms with van der Waals surface area (Å²) in [5, 5.41) is 4.38. The van der Waals surface area contributed by atoms with Crippen molar-refractivity contribution in [3.63, 3.8) is 0 Å². The fraction of sp³-hybridized carbons (Fsp3) is 0. The lowest BCUT2D eigenvalue weighted by molar-refractivity contribution is 0.670. The van der Waals surface area contributed by atoms with Crippen molar-refractivity contribution in [1.82, 2.24) is 9.97 Å². The molecule has 0 aliphatic rings. The van der Waals surface area contributed by atoms with Crippen molar-refractivity contribution >= 4 is 43.9 Å². The second-order valence-corrected chi connectivity index (χ2v) is 12.6. The molecule has 0 unspecified atom stereocenters. The van der Waals surface area contributed by atoms with Gasteiger partial charge in [0.05, 0.1) is 11.4 Å². The van der Waals surface area contributed by atoms with E-state index in [1.807, 2.05) is 60.7 Å². The van der Waals surface area contributed by atoms with E-state index in [4.69, 9.17) is 18.8 Å². The molecular weight excluding hydrogens is 613 g/mol. The number of furan rings is 2. The maximum atomic E-state index is 6.55. The highest BCUT2D eigenvalue weighted by atomic mass is 16.3. The van der Waals surface area contributed by atoms with Crippen LogP contribution in [0.1, 0.15) is 0 Å². The molecule has 0 aliphatic heterocycles. The van der Waals surface area contributed by atoms with E-state index in [0.717, 1.165) is 94.2 Å². The van der Waals surface area contributed by atoms with Gasteiger partial charge in [-0.2, -0.15) is 0 Å². The van der Waals surface area contributed by atoms with E-state index in [1.165, 1.54) is 0 Å². The molecule has 0 fully saturated rings. The van der Waals surface area contributed by atoms with Crippen molar-refractivity contribution in [2.45, 2.75) is 0 Å². The molecule has 0 bridgehead atoms. The SMILES string of the molecule is c1ccc(-c2cc(-c3cc(-c4cccc5c4oc4ccccc45)cc(-c4cccc5c4oc4ccccc45)c3)nc(-c3ccccc3)n2)cc1. The molecule has 0 spiro atoms. The Morgan fingerprint density at radius 3 is 1.32 bits per heavy atom. The van der Waals surface area contributed by atoms with E-state index in [0.29, 0.717) is 5.82 Å². The Bertz CT molecular complexity index is 2680. The minimum absolute atomic E-state index is 0.674. The van der Waals surface area contributed by atoms with Crippen molar-refractivity contribution in [2.24, 2.45) is 0 Å². The minimum Gasteiger partial charge on any atom is -0.455 e. The third-order valence-electron chi connectivity index (χ3n) is 9.49. The van der Waals surface area contributed by atoms with Gasteiger partial charge in [-0.25, -0.2) is 9.97 Å². The Kier molecular flexibility index (Phi) is 6.46. The molecule has 4 nitrogen and oxygen atoms in total. The molecule has 234 valence electrons. The molecular formula is C46H28N2O2. The van der Waals surface area contributed by atoms with Crippen LogP contribution in [0.15, 0.2) is 179 Å². The van der Waals surface area contributed by atoms with Crippen LogP contribution < -0.4 is 0 Å². The highest BCUT2D eigenvalue weighted by Crippen LogP contribution is 2.42. The molecule has 0 aliphatic carbocycles. The lowest BCUT2D eigenvalue weighted by Gasteiger charge is -2.13. The molecule has 3 heterocycles. The summed E-state index contributed by atoms with van der Waals surface area (Å²) in [5.41, 5.74) is 12.2. The monoisotopic (exact) mass is 640 g/mol. The normalized spacial score (nSPS) is 11.6. The second-order valence-electron chi connectivity index (χ2n) is 12.6. The predicted molar refractivity (Wildman–Crippen MR) is 204 cm³/mol. The summed E-state index contributed by atoms with van der Waals surface area (Å²) in [5.74, 6) is 0.674. The number of rotatable bonds is 5. The number of nitrogens with zero attached hydrogens (tertiary/aromatic N) is 2. The van der Waals surface area contributed by atoms with Crippen LogP contribution in [0.25, 0.3) is 100 Å². The first-order chi connectivity index (χ1) is 24.8. The number of benzene rings is 7. The van der Waals surface area contributed by atoms with Crippen LogP contribution in [0, 0.1) is 0 Å². The number of hydrogen-bond acceptors (Lipinski definition) is 4. The Balaban J connectivity index is 1.26. The number of hydrogen-bond donors (Lipinski definition) is 0. The van der Waals surface area contributed by atoms with Gasteiger partial charge in [0.15, 0.2) is 5.82 Å². The molecule has 0 N–H and O–H groups in total. The van der Waals surface area contributed by atoms with Gasteiger partial charge in [0.1, 0.15) is 22.3 Å². The van der Waals surface area contributed by atoms with Gasteiger partial charge in [-0.1, -0.05) is 133 Å². The molecule has 0 amide bonds. The quantitative estimate of drug-likeness (QED) is 0.188. The average Bonchev–Trinajstić information content (AvgIpc) is 3.77. The summed E-state index contributed by atoms with van der Waals surface area (Å²) < 4.78 is 13.1. The van der Waals surface area contributed by atoms with Gasteiger partial charge in [-0.15, -0.1) is 0 Å². The van der Waals surface area contributed by atoms with Crippen molar-refractivity contribution in [1.29, 1.82) is 0 Å². The lowest BCUT2D eigenvalue weighted by Crippen LogP contribution is -1.96.